The molecule has 0 atom stereocenters. The fraction of sp³-hybridized carbons (Fsp3) is 0.462. The maximum atomic E-state index is 10.7. The van der Waals surface area contributed by atoms with E-state index in [-0.39, 0.29) is 0 Å². The molecule has 88 valence electrons. The molecule has 0 aliphatic carbocycles. The van der Waals surface area contributed by atoms with Crippen molar-refractivity contribution in [1.29, 1.82) is 0 Å². The average Bonchev–Trinajstić information content (AvgIpc) is 2.16. The molecule has 0 fully saturated rings. The Morgan fingerprint density at radius 2 is 2.00 bits per heavy atom. The summed E-state index contributed by atoms with van der Waals surface area (Å²) in [6.45, 7) is 6.76. The molecule has 1 aromatic rings. The molecule has 0 bridgehead atoms. The highest BCUT2D eigenvalue weighted by Crippen LogP contribution is 2.19. The monoisotopic (exact) mass is 221 g/mol. The number of hydrogen-bond acceptors (Lipinski definition) is 1. The van der Waals surface area contributed by atoms with Crippen LogP contribution in [0.4, 0.5) is 4.79 Å². The first-order valence-electron chi connectivity index (χ1n) is 5.44. The maximum Gasteiger partial charge on any atom is 0.407 e. The van der Waals surface area contributed by atoms with Gasteiger partial charge in [-0.2, -0.15) is 0 Å². The number of hydrogen-bond donors (Lipinski definition) is 1. The van der Waals surface area contributed by atoms with E-state index in [0.717, 1.165) is 5.56 Å². The van der Waals surface area contributed by atoms with Crippen LogP contribution in [0.25, 0.3) is 0 Å². The van der Waals surface area contributed by atoms with Crippen molar-refractivity contribution >= 4 is 6.09 Å². The van der Waals surface area contributed by atoms with Gasteiger partial charge in [0.1, 0.15) is 0 Å². The summed E-state index contributed by atoms with van der Waals surface area (Å²) in [7, 11) is 1.58. The van der Waals surface area contributed by atoms with Gasteiger partial charge in [0.05, 0.1) is 0 Å². The summed E-state index contributed by atoms with van der Waals surface area (Å²) >= 11 is 0. The Labute approximate surface area is 96.7 Å². The zero-order valence-electron chi connectivity index (χ0n) is 10.3. The van der Waals surface area contributed by atoms with Gasteiger partial charge in [0.15, 0.2) is 0 Å². The number of rotatable bonds is 3. The molecule has 0 radical (unpaired) electrons. The molecule has 0 unspecified atom stereocenters. The zero-order valence-corrected chi connectivity index (χ0v) is 10.3. The predicted octanol–water partition coefficient (Wildman–Crippen LogP) is 3.23. The topological polar surface area (TPSA) is 40.5 Å². The summed E-state index contributed by atoms with van der Waals surface area (Å²) in [4.78, 5) is 12.0. The molecule has 1 aromatic carbocycles. The van der Waals surface area contributed by atoms with Gasteiger partial charge < -0.3 is 10.0 Å². The molecule has 1 rings (SSSR count). The summed E-state index contributed by atoms with van der Waals surface area (Å²) in [5.41, 5.74) is 3.49. The van der Waals surface area contributed by atoms with Crippen molar-refractivity contribution in [3.63, 3.8) is 0 Å². The van der Waals surface area contributed by atoms with E-state index >= 15 is 0 Å². The second kappa shape index (κ2) is 5.01. The van der Waals surface area contributed by atoms with Crippen LogP contribution in [-0.4, -0.2) is 23.1 Å². The highest BCUT2D eigenvalue weighted by atomic mass is 16.4. The number of carbonyl (C=O) groups is 1. The van der Waals surface area contributed by atoms with Crippen LogP contribution in [0.5, 0.6) is 0 Å². The van der Waals surface area contributed by atoms with Gasteiger partial charge in [0.2, 0.25) is 0 Å². The van der Waals surface area contributed by atoms with Gasteiger partial charge >= 0.3 is 6.09 Å². The predicted molar refractivity (Wildman–Crippen MR) is 64.8 cm³/mol. The lowest BCUT2D eigenvalue weighted by Gasteiger charge is -2.15. The summed E-state index contributed by atoms with van der Waals surface area (Å²) in [6, 6.07) is 6.26. The third kappa shape index (κ3) is 3.26. The largest absolute Gasteiger partial charge is 0.465 e. The molecule has 0 saturated carbocycles. The summed E-state index contributed by atoms with van der Waals surface area (Å²) in [6.07, 6.45) is -0.896. The number of amides is 1. The number of aryl methyl sites for hydroxylation is 1. The van der Waals surface area contributed by atoms with Crippen LogP contribution in [0, 0.1) is 6.92 Å². The van der Waals surface area contributed by atoms with E-state index < -0.39 is 6.09 Å². The molecular formula is C13H19NO2. The third-order valence-electron chi connectivity index (χ3n) is 2.57. The Hall–Kier alpha value is -1.51. The lowest BCUT2D eigenvalue weighted by molar-refractivity contribution is 0.153. The Morgan fingerprint density at radius 3 is 2.50 bits per heavy atom. The molecule has 3 heteroatoms. The van der Waals surface area contributed by atoms with Crippen LogP contribution in [0.15, 0.2) is 18.2 Å². The molecule has 0 spiro atoms. The first-order valence-corrected chi connectivity index (χ1v) is 5.44. The maximum absolute atomic E-state index is 10.7. The van der Waals surface area contributed by atoms with Crippen molar-refractivity contribution in [2.45, 2.75) is 33.2 Å². The SMILES string of the molecule is Cc1cc(CN(C)C(=O)O)cc(C(C)C)c1. The van der Waals surface area contributed by atoms with Gasteiger partial charge in [-0.3, -0.25) is 0 Å². The fourth-order valence-electron chi connectivity index (χ4n) is 1.66. The van der Waals surface area contributed by atoms with Crippen molar-refractivity contribution < 1.29 is 9.90 Å². The first kappa shape index (κ1) is 12.6. The molecule has 1 N–H and O–H groups in total. The van der Waals surface area contributed by atoms with Crippen LogP contribution < -0.4 is 0 Å². The molecular weight excluding hydrogens is 202 g/mol. The van der Waals surface area contributed by atoms with Gasteiger partial charge in [-0.05, 0) is 24.0 Å². The van der Waals surface area contributed by atoms with Gasteiger partial charge in [0, 0.05) is 13.6 Å². The Kier molecular flexibility index (Phi) is 3.93. The van der Waals surface area contributed by atoms with Crippen molar-refractivity contribution in [1.82, 2.24) is 4.90 Å². The molecule has 0 heterocycles. The highest BCUT2D eigenvalue weighted by Gasteiger charge is 2.08. The highest BCUT2D eigenvalue weighted by molar-refractivity contribution is 5.64. The van der Waals surface area contributed by atoms with Crippen LogP contribution >= 0.6 is 0 Å². The van der Waals surface area contributed by atoms with Gasteiger partial charge in [-0.25, -0.2) is 4.79 Å². The van der Waals surface area contributed by atoms with Crippen molar-refractivity contribution in [3.8, 4) is 0 Å². The first-order chi connectivity index (χ1) is 7.40. The van der Waals surface area contributed by atoms with Crippen LogP contribution in [0.1, 0.15) is 36.5 Å². The summed E-state index contributed by atoms with van der Waals surface area (Å²) in [5, 5.41) is 8.82. The molecule has 16 heavy (non-hydrogen) atoms. The summed E-state index contributed by atoms with van der Waals surface area (Å²) < 4.78 is 0. The minimum Gasteiger partial charge on any atom is -0.465 e. The van der Waals surface area contributed by atoms with E-state index in [4.69, 9.17) is 5.11 Å². The lowest BCUT2D eigenvalue weighted by atomic mass is 9.98. The van der Waals surface area contributed by atoms with Gasteiger partial charge in [0.25, 0.3) is 0 Å². The number of nitrogens with zero attached hydrogens (tertiary/aromatic N) is 1. The Balaban J connectivity index is 2.92. The molecule has 0 aromatic heterocycles. The number of benzene rings is 1. The molecule has 0 aliphatic rings. The smallest absolute Gasteiger partial charge is 0.407 e. The Morgan fingerprint density at radius 1 is 1.38 bits per heavy atom. The van der Waals surface area contributed by atoms with E-state index in [2.05, 4.69) is 26.0 Å². The van der Waals surface area contributed by atoms with E-state index in [9.17, 15) is 4.79 Å². The minimum absolute atomic E-state index is 0.441. The van der Waals surface area contributed by atoms with E-state index in [0.29, 0.717) is 12.5 Å². The van der Waals surface area contributed by atoms with E-state index in [1.165, 1.54) is 16.0 Å². The van der Waals surface area contributed by atoms with Crippen LogP contribution in [0.2, 0.25) is 0 Å². The molecule has 1 amide bonds. The van der Waals surface area contributed by atoms with Crippen LogP contribution in [0.3, 0.4) is 0 Å². The van der Waals surface area contributed by atoms with Crippen molar-refractivity contribution in [2.75, 3.05) is 7.05 Å². The fourth-order valence-corrected chi connectivity index (χ4v) is 1.66. The van der Waals surface area contributed by atoms with Crippen LogP contribution in [-0.2, 0) is 6.54 Å². The Bertz CT molecular complexity index is 386. The van der Waals surface area contributed by atoms with Gasteiger partial charge in [-0.1, -0.05) is 37.6 Å². The summed E-state index contributed by atoms with van der Waals surface area (Å²) in [5.74, 6) is 0.466. The van der Waals surface area contributed by atoms with Crippen molar-refractivity contribution in [2.24, 2.45) is 0 Å². The minimum atomic E-state index is -0.896. The second-order valence-corrected chi connectivity index (χ2v) is 4.55. The van der Waals surface area contributed by atoms with Crippen molar-refractivity contribution in [3.05, 3.63) is 34.9 Å². The number of carboxylic acid groups (broad SMARTS) is 1. The third-order valence-corrected chi connectivity index (χ3v) is 2.57. The molecule has 3 nitrogen and oxygen atoms in total. The molecule has 0 saturated heterocycles. The normalized spacial score (nSPS) is 10.6. The zero-order chi connectivity index (χ0) is 12.3. The standard InChI is InChI=1S/C13H19NO2/c1-9(2)12-6-10(3)5-11(7-12)8-14(4)13(15)16/h5-7,9H,8H2,1-4H3,(H,15,16). The van der Waals surface area contributed by atoms with E-state index in [1.54, 1.807) is 7.05 Å². The van der Waals surface area contributed by atoms with Gasteiger partial charge in [-0.15, -0.1) is 0 Å². The second-order valence-electron chi connectivity index (χ2n) is 4.55. The van der Waals surface area contributed by atoms with E-state index in [1.807, 2.05) is 13.0 Å². The lowest BCUT2D eigenvalue weighted by Crippen LogP contribution is -2.24. The quantitative estimate of drug-likeness (QED) is 0.851. The average molecular weight is 221 g/mol. The molecule has 0 aliphatic heterocycles.